The number of nitrogens with zero attached hydrogens (tertiary/aromatic N) is 1. The molecule has 1 atom stereocenters. The minimum atomic E-state index is -3.61. The Morgan fingerprint density at radius 1 is 1.45 bits per heavy atom. The van der Waals surface area contributed by atoms with Gasteiger partial charge in [-0.1, -0.05) is 6.07 Å². The fourth-order valence-corrected chi connectivity index (χ4v) is 4.50. The summed E-state index contributed by atoms with van der Waals surface area (Å²) in [6, 6.07) is 3.89. The lowest BCUT2D eigenvalue weighted by Gasteiger charge is -2.32. The first-order valence-corrected chi connectivity index (χ1v) is 8.35. The number of hydrogen-bond acceptors (Lipinski definition) is 3. The number of hydrogen-bond donors (Lipinski definition) is 1. The fourth-order valence-electron chi connectivity index (χ4n) is 2.71. The smallest absolute Gasteiger partial charge is 0.243 e. The lowest BCUT2D eigenvalue weighted by molar-refractivity contribution is 0.258. The molecule has 0 aromatic heterocycles. The predicted octanol–water partition coefficient (Wildman–Crippen LogP) is 1.88. The van der Waals surface area contributed by atoms with E-state index in [4.69, 9.17) is 5.73 Å². The van der Waals surface area contributed by atoms with E-state index in [9.17, 15) is 12.8 Å². The average Bonchev–Trinajstić information content (AvgIpc) is 2.42. The van der Waals surface area contributed by atoms with Crippen molar-refractivity contribution in [2.24, 2.45) is 11.7 Å². The summed E-state index contributed by atoms with van der Waals surface area (Å²) in [5, 5.41) is 0. The molecular weight excluding hydrogens is 279 g/mol. The lowest BCUT2D eigenvalue weighted by Crippen LogP contribution is -2.40. The second-order valence-electron chi connectivity index (χ2n) is 5.36. The van der Waals surface area contributed by atoms with E-state index < -0.39 is 15.8 Å². The van der Waals surface area contributed by atoms with Crippen LogP contribution in [0.3, 0.4) is 0 Å². The van der Waals surface area contributed by atoms with Gasteiger partial charge < -0.3 is 5.73 Å². The molecule has 1 heterocycles. The number of piperidine rings is 1. The summed E-state index contributed by atoms with van der Waals surface area (Å²) in [6.07, 6.45) is 2.66. The van der Waals surface area contributed by atoms with Crippen LogP contribution in [0, 0.1) is 18.7 Å². The normalized spacial score (nSPS) is 21.1. The van der Waals surface area contributed by atoms with E-state index in [0.717, 1.165) is 25.3 Å². The molecule has 0 bridgehead atoms. The summed E-state index contributed by atoms with van der Waals surface area (Å²) < 4.78 is 40.1. The van der Waals surface area contributed by atoms with Gasteiger partial charge in [-0.25, -0.2) is 12.8 Å². The Labute approximate surface area is 119 Å². The van der Waals surface area contributed by atoms with E-state index in [0.29, 0.717) is 31.1 Å². The molecule has 2 N–H and O–H groups in total. The van der Waals surface area contributed by atoms with Crippen LogP contribution in [0.25, 0.3) is 0 Å². The SMILES string of the molecule is Cc1ccc(F)cc1S(=O)(=O)N1CCCC(CCN)C1. The number of nitrogens with two attached hydrogens (primary N) is 1. The van der Waals surface area contributed by atoms with Gasteiger partial charge in [0.15, 0.2) is 0 Å². The molecule has 0 saturated carbocycles. The fraction of sp³-hybridized carbons (Fsp3) is 0.571. The molecule has 112 valence electrons. The number of aryl methyl sites for hydroxylation is 1. The van der Waals surface area contributed by atoms with Crippen LogP contribution >= 0.6 is 0 Å². The number of rotatable bonds is 4. The molecule has 0 amide bonds. The van der Waals surface area contributed by atoms with Crippen LogP contribution in [-0.4, -0.2) is 32.4 Å². The van der Waals surface area contributed by atoms with Crippen LogP contribution in [0.15, 0.2) is 23.1 Å². The summed E-state index contributed by atoms with van der Waals surface area (Å²) in [5.41, 5.74) is 6.13. The van der Waals surface area contributed by atoms with Gasteiger partial charge in [-0.3, -0.25) is 0 Å². The Kier molecular flexibility index (Phi) is 4.78. The Morgan fingerprint density at radius 3 is 2.90 bits per heavy atom. The van der Waals surface area contributed by atoms with Crippen LogP contribution in [0.4, 0.5) is 4.39 Å². The third-order valence-corrected chi connectivity index (χ3v) is 5.83. The second kappa shape index (κ2) is 6.20. The molecule has 0 radical (unpaired) electrons. The quantitative estimate of drug-likeness (QED) is 0.923. The van der Waals surface area contributed by atoms with E-state index in [1.807, 2.05) is 0 Å². The zero-order valence-electron chi connectivity index (χ0n) is 11.7. The molecule has 1 saturated heterocycles. The van der Waals surface area contributed by atoms with Gasteiger partial charge in [0, 0.05) is 13.1 Å². The summed E-state index contributed by atoms with van der Waals surface area (Å²) in [6.45, 7) is 3.24. The standard InChI is InChI=1S/C14H21FN2O2S/c1-11-4-5-13(15)9-14(11)20(18,19)17-8-2-3-12(10-17)6-7-16/h4-5,9,12H,2-3,6-8,10,16H2,1H3. The number of sulfonamides is 1. The lowest BCUT2D eigenvalue weighted by atomic mass is 9.96. The molecular formula is C14H21FN2O2S. The molecule has 1 fully saturated rings. The Morgan fingerprint density at radius 2 is 2.20 bits per heavy atom. The van der Waals surface area contributed by atoms with E-state index in [2.05, 4.69) is 0 Å². The minimum Gasteiger partial charge on any atom is -0.330 e. The van der Waals surface area contributed by atoms with Gasteiger partial charge in [0.05, 0.1) is 4.90 Å². The van der Waals surface area contributed by atoms with Crippen molar-refractivity contribution in [1.82, 2.24) is 4.31 Å². The predicted molar refractivity (Wildman–Crippen MR) is 76.3 cm³/mol. The number of benzene rings is 1. The van der Waals surface area contributed by atoms with Crippen molar-refractivity contribution < 1.29 is 12.8 Å². The first-order chi connectivity index (χ1) is 9.45. The van der Waals surface area contributed by atoms with Crippen LogP contribution in [0.5, 0.6) is 0 Å². The van der Waals surface area contributed by atoms with Gasteiger partial charge >= 0.3 is 0 Å². The minimum absolute atomic E-state index is 0.0749. The maximum absolute atomic E-state index is 13.3. The van der Waals surface area contributed by atoms with Crippen molar-refractivity contribution in [3.63, 3.8) is 0 Å². The highest BCUT2D eigenvalue weighted by atomic mass is 32.2. The largest absolute Gasteiger partial charge is 0.330 e. The van der Waals surface area contributed by atoms with Crippen LogP contribution in [0.2, 0.25) is 0 Å². The molecule has 0 aliphatic carbocycles. The van der Waals surface area contributed by atoms with Gasteiger partial charge in [0.25, 0.3) is 0 Å². The van der Waals surface area contributed by atoms with E-state index >= 15 is 0 Å². The topological polar surface area (TPSA) is 63.4 Å². The van der Waals surface area contributed by atoms with Crippen molar-refractivity contribution in [2.75, 3.05) is 19.6 Å². The molecule has 1 unspecified atom stereocenters. The zero-order valence-corrected chi connectivity index (χ0v) is 12.5. The molecule has 1 aromatic rings. The summed E-state index contributed by atoms with van der Waals surface area (Å²) in [4.78, 5) is 0.0749. The van der Waals surface area contributed by atoms with Gasteiger partial charge in [0.1, 0.15) is 5.82 Å². The third kappa shape index (κ3) is 3.19. The number of halogens is 1. The monoisotopic (exact) mass is 300 g/mol. The Hall–Kier alpha value is -0.980. The molecule has 4 nitrogen and oxygen atoms in total. The highest BCUT2D eigenvalue weighted by Gasteiger charge is 2.31. The summed E-state index contributed by atoms with van der Waals surface area (Å²) in [5.74, 6) is -0.220. The zero-order chi connectivity index (χ0) is 14.8. The van der Waals surface area contributed by atoms with Crippen molar-refractivity contribution in [2.45, 2.75) is 31.1 Å². The highest BCUT2D eigenvalue weighted by molar-refractivity contribution is 7.89. The maximum atomic E-state index is 13.3. The van der Waals surface area contributed by atoms with Crippen molar-refractivity contribution in [3.8, 4) is 0 Å². The van der Waals surface area contributed by atoms with Gasteiger partial charge in [-0.15, -0.1) is 0 Å². The second-order valence-corrected chi connectivity index (χ2v) is 7.26. The first-order valence-electron chi connectivity index (χ1n) is 6.91. The summed E-state index contributed by atoms with van der Waals surface area (Å²) in [7, 11) is -3.61. The molecule has 20 heavy (non-hydrogen) atoms. The molecule has 1 aliphatic heterocycles. The highest BCUT2D eigenvalue weighted by Crippen LogP contribution is 2.27. The molecule has 6 heteroatoms. The van der Waals surface area contributed by atoms with Gasteiger partial charge in [-0.2, -0.15) is 4.31 Å². The first kappa shape index (κ1) is 15.4. The van der Waals surface area contributed by atoms with Crippen LogP contribution < -0.4 is 5.73 Å². The molecule has 1 aliphatic rings. The van der Waals surface area contributed by atoms with E-state index in [1.54, 1.807) is 6.92 Å². The third-order valence-electron chi connectivity index (χ3n) is 3.82. The average molecular weight is 300 g/mol. The Balaban J connectivity index is 2.27. The summed E-state index contributed by atoms with van der Waals surface area (Å²) >= 11 is 0. The van der Waals surface area contributed by atoms with Crippen molar-refractivity contribution in [3.05, 3.63) is 29.6 Å². The Bertz CT molecular complexity index is 573. The van der Waals surface area contributed by atoms with Crippen molar-refractivity contribution in [1.29, 1.82) is 0 Å². The van der Waals surface area contributed by atoms with Crippen molar-refractivity contribution >= 4 is 10.0 Å². The molecule has 2 rings (SSSR count). The van der Waals surface area contributed by atoms with E-state index in [-0.39, 0.29) is 4.90 Å². The van der Waals surface area contributed by atoms with Gasteiger partial charge in [-0.05, 0) is 56.3 Å². The molecule has 0 spiro atoms. The van der Waals surface area contributed by atoms with E-state index in [1.165, 1.54) is 16.4 Å². The molecule has 1 aromatic carbocycles. The van der Waals surface area contributed by atoms with Crippen LogP contribution in [0.1, 0.15) is 24.8 Å². The van der Waals surface area contributed by atoms with Gasteiger partial charge in [0.2, 0.25) is 10.0 Å². The van der Waals surface area contributed by atoms with Crippen LogP contribution in [-0.2, 0) is 10.0 Å². The maximum Gasteiger partial charge on any atom is 0.243 e.